The standard InChI is InChI=1S/C11H12N2O5S/c1-7(14)12-8(11(15)16)6-19-10-5-3-2-4-9(10)13(17)18/h2-5,8H,6H2,1H3,(H,12,14)(H,15,16). The number of amides is 1. The Hall–Kier alpha value is -2.09. The third-order valence-corrected chi connectivity index (χ3v) is 3.30. The van der Waals surface area contributed by atoms with Gasteiger partial charge in [-0.1, -0.05) is 12.1 Å². The summed E-state index contributed by atoms with van der Waals surface area (Å²) >= 11 is 1.02. The molecule has 0 aliphatic carbocycles. The molecule has 0 saturated carbocycles. The van der Waals surface area contributed by atoms with E-state index in [-0.39, 0.29) is 11.4 Å². The molecular weight excluding hydrogens is 272 g/mol. The fourth-order valence-corrected chi connectivity index (χ4v) is 2.36. The Morgan fingerprint density at radius 1 is 1.47 bits per heavy atom. The van der Waals surface area contributed by atoms with E-state index in [1.807, 2.05) is 0 Å². The number of rotatable bonds is 6. The lowest BCUT2D eigenvalue weighted by Gasteiger charge is -2.12. The van der Waals surface area contributed by atoms with Crippen molar-refractivity contribution in [3.63, 3.8) is 0 Å². The van der Waals surface area contributed by atoms with Crippen LogP contribution in [0.3, 0.4) is 0 Å². The van der Waals surface area contributed by atoms with Crippen LogP contribution in [-0.4, -0.2) is 33.7 Å². The highest BCUT2D eigenvalue weighted by Crippen LogP contribution is 2.28. The van der Waals surface area contributed by atoms with Crippen LogP contribution >= 0.6 is 11.8 Å². The topological polar surface area (TPSA) is 110 Å². The highest BCUT2D eigenvalue weighted by molar-refractivity contribution is 7.99. The summed E-state index contributed by atoms with van der Waals surface area (Å²) in [5.41, 5.74) is -0.0838. The molecule has 0 bridgehead atoms. The first-order valence-corrected chi connectivity index (χ1v) is 6.26. The Morgan fingerprint density at radius 2 is 2.11 bits per heavy atom. The van der Waals surface area contributed by atoms with Crippen LogP contribution in [0.15, 0.2) is 29.2 Å². The number of carbonyl (C=O) groups excluding carboxylic acids is 1. The van der Waals surface area contributed by atoms with E-state index < -0.39 is 22.8 Å². The van der Waals surface area contributed by atoms with Gasteiger partial charge in [0.25, 0.3) is 5.69 Å². The Bertz CT molecular complexity index is 506. The summed E-state index contributed by atoms with van der Waals surface area (Å²) in [7, 11) is 0. The molecule has 1 rings (SSSR count). The molecule has 102 valence electrons. The maximum Gasteiger partial charge on any atom is 0.327 e. The largest absolute Gasteiger partial charge is 0.480 e. The van der Waals surface area contributed by atoms with E-state index in [0.29, 0.717) is 4.90 Å². The van der Waals surface area contributed by atoms with E-state index in [9.17, 15) is 19.7 Å². The van der Waals surface area contributed by atoms with E-state index in [0.717, 1.165) is 11.8 Å². The van der Waals surface area contributed by atoms with Gasteiger partial charge >= 0.3 is 5.97 Å². The average molecular weight is 284 g/mol. The molecule has 1 aromatic carbocycles. The number of hydrogen-bond acceptors (Lipinski definition) is 5. The van der Waals surface area contributed by atoms with Crippen LogP contribution < -0.4 is 5.32 Å². The Morgan fingerprint density at radius 3 is 2.63 bits per heavy atom. The molecule has 8 heteroatoms. The number of aliphatic carboxylic acids is 1. The van der Waals surface area contributed by atoms with Crippen LogP contribution in [0.1, 0.15) is 6.92 Å². The second-order valence-corrected chi connectivity index (χ2v) is 4.69. The summed E-state index contributed by atoms with van der Waals surface area (Å²) in [6.45, 7) is 1.21. The lowest BCUT2D eigenvalue weighted by atomic mass is 10.3. The first kappa shape index (κ1) is 15.0. The third-order valence-electron chi connectivity index (χ3n) is 2.14. The SMILES string of the molecule is CC(=O)NC(CSc1ccccc1[N+](=O)[O-])C(=O)O. The van der Waals surface area contributed by atoms with Gasteiger partial charge in [-0.25, -0.2) is 4.79 Å². The first-order chi connectivity index (χ1) is 8.91. The van der Waals surface area contributed by atoms with Gasteiger partial charge in [0, 0.05) is 18.7 Å². The number of nitro benzene ring substituents is 1. The summed E-state index contributed by atoms with van der Waals surface area (Å²) in [6, 6.07) is 4.96. The summed E-state index contributed by atoms with van der Waals surface area (Å²) in [5.74, 6) is -1.63. The number of nitro groups is 1. The molecule has 0 spiro atoms. The summed E-state index contributed by atoms with van der Waals surface area (Å²) in [4.78, 5) is 32.4. The van der Waals surface area contributed by atoms with Crippen molar-refractivity contribution >= 4 is 29.3 Å². The minimum Gasteiger partial charge on any atom is -0.480 e. The minimum atomic E-state index is -1.18. The van der Waals surface area contributed by atoms with Crippen molar-refractivity contribution in [1.29, 1.82) is 0 Å². The maximum atomic E-state index is 10.9. The molecule has 2 N–H and O–H groups in total. The first-order valence-electron chi connectivity index (χ1n) is 5.28. The normalized spacial score (nSPS) is 11.6. The van der Waals surface area contributed by atoms with Gasteiger partial charge in [-0.3, -0.25) is 14.9 Å². The average Bonchev–Trinajstić information content (AvgIpc) is 2.34. The molecule has 1 aromatic rings. The molecule has 1 amide bonds. The van der Waals surface area contributed by atoms with Gasteiger partial charge in [-0.15, -0.1) is 11.8 Å². The van der Waals surface area contributed by atoms with E-state index in [1.165, 1.54) is 25.1 Å². The summed E-state index contributed by atoms with van der Waals surface area (Å²) in [6.07, 6.45) is 0. The van der Waals surface area contributed by atoms with Gasteiger partial charge in [-0.2, -0.15) is 0 Å². The molecule has 0 fully saturated rings. The van der Waals surface area contributed by atoms with Crippen molar-refractivity contribution in [3.8, 4) is 0 Å². The number of nitrogens with zero attached hydrogens (tertiary/aromatic N) is 1. The Labute approximate surface area is 113 Å². The van der Waals surface area contributed by atoms with Gasteiger partial charge in [0.1, 0.15) is 6.04 Å². The Balaban J connectivity index is 2.77. The van der Waals surface area contributed by atoms with Crippen LogP contribution in [0.25, 0.3) is 0 Å². The smallest absolute Gasteiger partial charge is 0.327 e. The number of hydrogen-bond donors (Lipinski definition) is 2. The Kier molecular flexibility index (Phi) is 5.31. The predicted octanol–water partition coefficient (Wildman–Crippen LogP) is 1.28. The zero-order valence-electron chi connectivity index (χ0n) is 10.0. The number of carbonyl (C=O) groups is 2. The van der Waals surface area contributed by atoms with Gasteiger partial charge in [-0.05, 0) is 6.07 Å². The van der Waals surface area contributed by atoms with Crippen molar-refractivity contribution < 1.29 is 19.6 Å². The fraction of sp³-hybridized carbons (Fsp3) is 0.273. The molecule has 0 radical (unpaired) electrons. The molecule has 7 nitrogen and oxygen atoms in total. The lowest BCUT2D eigenvalue weighted by molar-refractivity contribution is -0.387. The van der Waals surface area contributed by atoms with Crippen LogP contribution in [0.2, 0.25) is 0 Å². The zero-order chi connectivity index (χ0) is 14.4. The van der Waals surface area contributed by atoms with Gasteiger partial charge in [0.15, 0.2) is 0 Å². The summed E-state index contributed by atoms with van der Waals surface area (Å²) < 4.78 is 0. The van der Waals surface area contributed by atoms with Crippen molar-refractivity contribution in [3.05, 3.63) is 34.4 Å². The number of nitrogens with one attached hydrogen (secondary N) is 1. The van der Waals surface area contributed by atoms with Crippen molar-refractivity contribution in [2.45, 2.75) is 17.9 Å². The van der Waals surface area contributed by atoms with Crippen molar-refractivity contribution in [1.82, 2.24) is 5.32 Å². The number of carboxylic acids is 1. The van der Waals surface area contributed by atoms with E-state index in [1.54, 1.807) is 6.07 Å². The molecule has 0 aromatic heterocycles. The highest BCUT2D eigenvalue weighted by Gasteiger charge is 2.21. The monoisotopic (exact) mass is 284 g/mol. The maximum absolute atomic E-state index is 10.9. The van der Waals surface area contributed by atoms with E-state index >= 15 is 0 Å². The van der Waals surface area contributed by atoms with Gasteiger partial charge < -0.3 is 10.4 Å². The van der Waals surface area contributed by atoms with Crippen LogP contribution in [0.5, 0.6) is 0 Å². The summed E-state index contributed by atoms with van der Waals surface area (Å²) in [5, 5.41) is 22.0. The second kappa shape index (κ2) is 6.74. The molecule has 0 aliphatic rings. The second-order valence-electron chi connectivity index (χ2n) is 3.63. The molecule has 1 unspecified atom stereocenters. The number of para-hydroxylation sites is 1. The van der Waals surface area contributed by atoms with Crippen molar-refractivity contribution in [2.24, 2.45) is 0 Å². The van der Waals surface area contributed by atoms with Crippen molar-refractivity contribution in [2.75, 3.05) is 5.75 Å². The number of carboxylic acid groups (broad SMARTS) is 1. The molecule has 0 aliphatic heterocycles. The molecule has 0 saturated heterocycles. The zero-order valence-corrected chi connectivity index (χ0v) is 10.8. The van der Waals surface area contributed by atoms with E-state index in [4.69, 9.17) is 5.11 Å². The molecule has 19 heavy (non-hydrogen) atoms. The van der Waals surface area contributed by atoms with Gasteiger partial charge in [0.05, 0.1) is 9.82 Å². The van der Waals surface area contributed by atoms with Crippen LogP contribution in [0.4, 0.5) is 5.69 Å². The fourth-order valence-electron chi connectivity index (χ4n) is 1.32. The lowest BCUT2D eigenvalue weighted by Crippen LogP contribution is -2.41. The van der Waals surface area contributed by atoms with E-state index in [2.05, 4.69) is 5.32 Å². The quantitative estimate of drug-likeness (QED) is 0.462. The van der Waals surface area contributed by atoms with Crippen LogP contribution in [0, 0.1) is 10.1 Å². The minimum absolute atomic E-state index is 0.0137. The predicted molar refractivity (Wildman–Crippen MR) is 69.1 cm³/mol. The number of thioether (sulfide) groups is 1. The third kappa shape index (κ3) is 4.59. The van der Waals surface area contributed by atoms with Crippen LogP contribution in [-0.2, 0) is 9.59 Å². The molecule has 1 atom stereocenters. The molecular formula is C11H12N2O5S. The highest BCUT2D eigenvalue weighted by atomic mass is 32.2. The number of benzene rings is 1. The molecule has 0 heterocycles. The van der Waals surface area contributed by atoms with Gasteiger partial charge in [0.2, 0.25) is 5.91 Å².